The number of carbonyl (C=O) groups is 1. The summed E-state index contributed by atoms with van der Waals surface area (Å²) in [5.41, 5.74) is 2.73. The van der Waals surface area contributed by atoms with Crippen molar-refractivity contribution in [2.24, 2.45) is 4.99 Å². The molecule has 1 aromatic carbocycles. The van der Waals surface area contributed by atoms with E-state index in [2.05, 4.69) is 52.1 Å². The Kier molecular flexibility index (Phi) is 5.52. The van der Waals surface area contributed by atoms with Crippen molar-refractivity contribution in [1.82, 2.24) is 16.0 Å². The quantitative estimate of drug-likeness (QED) is 0.572. The molecule has 24 heavy (non-hydrogen) atoms. The lowest BCUT2D eigenvalue weighted by Crippen LogP contribution is -2.49. The fourth-order valence-corrected chi connectivity index (χ4v) is 2.96. The zero-order valence-corrected chi connectivity index (χ0v) is 15.5. The van der Waals surface area contributed by atoms with Crippen LogP contribution in [-0.2, 0) is 10.2 Å². The number of benzene rings is 1. The molecule has 1 aliphatic rings. The van der Waals surface area contributed by atoms with Gasteiger partial charge in [0.25, 0.3) is 0 Å². The first-order chi connectivity index (χ1) is 11.3. The number of amides is 1. The molecule has 3 N–H and O–H groups in total. The summed E-state index contributed by atoms with van der Waals surface area (Å²) < 4.78 is 0. The Morgan fingerprint density at radius 3 is 2.42 bits per heavy atom. The maximum absolute atomic E-state index is 11.9. The van der Waals surface area contributed by atoms with Gasteiger partial charge in [0.1, 0.15) is 0 Å². The van der Waals surface area contributed by atoms with Crippen molar-refractivity contribution in [3.8, 4) is 0 Å². The number of aryl methyl sites for hydroxylation is 1. The third-order valence-corrected chi connectivity index (χ3v) is 4.32. The van der Waals surface area contributed by atoms with Gasteiger partial charge in [0.15, 0.2) is 5.96 Å². The molecular weight excluding hydrogens is 300 g/mol. The summed E-state index contributed by atoms with van der Waals surface area (Å²) in [7, 11) is 1.73. The first-order valence-corrected chi connectivity index (χ1v) is 8.57. The standard InChI is InChI=1S/C19H30N4O/c1-14-8-6-7-9-15(14)19(10-11-19)13-22-17(20-5)21-12-16(24)23-18(2,3)4/h6-9H,10-13H2,1-5H3,(H,23,24)(H2,20,21,22). The number of hydrogen-bond donors (Lipinski definition) is 3. The number of guanidine groups is 1. The van der Waals surface area contributed by atoms with Gasteiger partial charge in [-0.25, -0.2) is 0 Å². The van der Waals surface area contributed by atoms with Gasteiger partial charge < -0.3 is 16.0 Å². The lowest BCUT2D eigenvalue weighted by molar-refractivity contribution is -0.121. The van der Waals surface area contributed by atoms with E-state index in [-0.39, 0.29) is 23.4 Å². The highest BCUT2D eigenvalue weighted by Crippen LogP contribution is 2.48. The Bertz CT molecular complexity index is 612. The van der Waals surface area contributed by atoms with Crippen LogP contribution in [0, 0.1) is 6.92 Å². The summed E-state index contributed by atoms with van der Waals surface area (Å²) in [6.45, 7) is 9.12. The van der Waals surface area contributed by atoms with Crippen LogP contribution in [0.5, 0.6) is 0 Å². The van der Waals surface area contributed by atoms with Crippen molar-refractivity contribution in [3.05, 3.63) is 35.4 Å². The molecule has 132 valence electrons. The van der Waals surface area contributed by atoms with Crippen LogP contribution in [0.3, 0.4) is 0 Å². The van der Waals surface area contributed by atoms with Gasteiger partial charge in [-0.15, -0.1) is 0 Å². The summed E-state index contributed by atoms with van der Waals surface area (Å²) in [5, 5.41) is 9.39. The average molecular weight is 330 g/mol. The first kappa shape index (κ1) is 18.3. The maximum atomic E-state index is 11.9. The largest absolute Gasteiger partial charge is 0.356 e. The van der Waals surface area contributed by atoms with Gasteiger partial charge in [-0.3, -0.25) is 9.79 Å². The van der Waals surface area contributed by atoms with E-state index in [1.807, 2.05) is 20.8 Å². The third kappa shape index (κ3) is 4.98. The third-order valence-electron chi connectivity index (χ3n) is 4.32. The number of hydrogen-bond acceptors (Lipinski definition) is 2. The molecular formula is C19H30N4O. The molecule has 0 radical (unpaired) electrons. The lowest BCUT2D eigenvalue weighted by atomic mass is 9.92. The zero-order chi connectivity index (χ0) is 17.8. The van der Waals surface area contributed by atoms with E-state index >= 15 is 0 Å². The van der Waals surface area contributed by atoms with Crippen molar-refractivity contribution in [2.75, 3.05) is 20.1 Å². The van der Waals surface area contributed by atoms with Gasteiger partial charge in [-0.05, 0) is 51.7 Å². The van der Waals surface area contributed by atoms with E-state index in [0.717, 1.165) is 6.54 Å². The van der Waals surface area contributed by atoms with E-state index in [0.29, 0.717) is 5.96 Å². The Balaban J connectivity index is 1.86. The fourth-order valence-electron chi connectivity index (χ4n) is 2.96. The first-order valence-electron chi connectivity index (χ1n) is 8.57. The van der Waals surface area contributed by atoms with E-state index < -0.39 is 0 Å². The van der Waals surface area contributed by atoms with Crippen LogP contribution in [0.25, 0.3) is 0 Å². The summed E-state index contributed by atoms with van der Waals surface area (Å²) in [6.07, 6.45) is 2.37. The Hall–Kier alpha value is -2.04. The predicted octanol–water partition coefficient (Wildman–Crippen LogP) is 2.11. The molecule has 5 heteroatoms. The average Bonchev–Trinajstić information content (AvgIpc) is 3.27. The topological polar surface area (TPSA) is 65.5 Å². The van der Waals surface area contributed by atoms with Crippen molar-refractivity contribution in [1.29, 1.82) is 0 Å². The molecule has 5 nitrogen and oxygen atoms in total. The summed E-state index contributed by atoms with van der Waals surface area (Å²) >= 11 is 0. The van der Waals surface area contributed by atoms with E-state index in [9.17, 15) is 4.79 Å². The Labute approximate surface area is 145 Å². The van der Waals surface area contributed by atoms with E-state index in [4.69, 9.17) is 0 Å². The Morgan fingerprint density at radius 1 is 1.21 bits per heavy atom. The van der Waals surface area contributed by atoms with Crippen LogP contribution < -0.4 is 16.0 Å². The molecule has 1 aliphatic carbocycles. The summed E-state index contributed by atoms with van der Waals surface area (Å²) in [4.78, 5) is 16.1. The van der Waals surface area contributed by atoms with Gasteiger partial charge in [0, 0.05) is 24.5 Å². The van der Waals surface area contributed by atoms with Crippen LogP contribution in [0.1, 0.15) is 44.7 Å². The fraction of sp³-hybridized carbons (Fsp3) is 0.579. The highest BCUT2D eigenvalue weighted by atomic mass is 16.2. The number of nitrogens with one attached hydrogen (secondary N) is 3. The molecule has 1 fully saturated rings. The summed E-state index contributed by atoms with van der Waals surface area (Å²) in [6, 6.07) is 8.57. The number of carbonyl (C=O) groups excluding carboxylic acids is 1. The molecule has 0 atom stereocenters. The van der Waals surface area contributed by atoms with Crippen molar-refractivity contribution in [3.63, 3.8) is 0 Å². The SMILES string of the molecule is CN=C(NCC(=O)NC(C)(C)C)NCC1(c2ccccc2C)CC1. The van der Waals surface area contributed by atoms with Crippen LogP contribution >= 0.6 is 0 Å². The molecule has 0 saturated heterocycles. The molecule has 1 amide bonds. The van der Waals surface area contributed by atoms with Crippen molar-refractivity contribution < 1.29 is 4.79 Å². The highest BCUT2D eigenvalue weighted by Gasteiger charge is 2.44. The molecule has 0 unspecified atom stereocenters. The normalized spacial score (nSPS) is 16.5. The molecule has 0 bridgehead atoms. The molecule has 0 aliphatic heterocycles. The van der Waals surface area contributed by atoms with Crippen LogP contribution in [-0.4, -0.2) is 37.5 Å². The van der Waals surface area contributed by atoms with E-state index in [1.165, 1.54) is 24.0 Å². The number of rotatable bonds is 5. The minimum absolute atomic E-state index is 0.0366. The van der Waals surface area contributed by atoms with Crippen LogP contribution in [0.2, 0.25) is 0 Å². The van der Waals surface area contributed by atoms with Crippen LogP contribution in [0.4, 0.5) is 0 Å². The van der Waals surface area contributed by atoms with Gasteiger partial charge in [0.2, 0.25) is 5.91 Å². The zero-order valence-electron chi connectivity index (χ0n) is 15.5. The molecule has 2 rings (SSSR count). The second kappa shape index (κ2) is 7.24. The minimum atomic E-state index is -0.224. The molecule has 1 aromatic rings. The molecule has 0 spiro atoms. The van der Waals surface area contributed by atoms with Gasteiger partial charge in [0.05, 0.1) is 6.54 Å². The number of nitrogens with zero attached hydrogens (tertiary/aromatic N) is 1. The van der Waals surface area contributed by atoms with Crippen molar-refractivity contribution in [2.45, 2.75) is 51.5 Å². The monoisotopic (exact) mass is 330 g/mol. The smallest absolute Gasteiger partial charge is 0.239 e. The molecule has 0 heterocycles. The second-order valence-electron chi connectivity index (χ2n) is 7.67. The van der Waals surface area contributed by atoms with Gasteiger partial charge in [-0.1, -0.05) is 24.3 Å². The Morgan fingerprint density at radius 2 is 1.88 bits per heavy atom. The molecule has 1 saturated carbocycles. The minimum Gasteiger partial charge on any atom is -0.356 e. The van der Waals surface area contributed by atoms with Crippen LogP contribution in [0.15, 0.2) is 29.3 Å². The molecule has 0 aromatic heterocycles. The van der Waals surface area contributed by atoms with Gasteiger partial charge >= 0.3 is 0 Å². The second-order valence-corrected chi connectivity index (χ2v) is 7.67. The van der Waals surface area contributed by atoms with E-state index in [1.54, 1.807) is 7.05 Å². The lowest BCUT2D eigenvalue weighted by Gasteiger charge is -2.22. The summed E-state index contributed by atoms with van der Waals surface area (Å²) in [5.74, 6) is 0.629. The predicted molar refractivity (Wildman–Crippen MR) is 99.4 cm³/mol. The highest BCUT2D eigenvalue weighted by molar-refractivity contribution is 5.86. The van der Waals surface area contributed by atoms with Gasteiger partial charge in [-0.2, -0.15) is 0 Å². The maximum Gasteiger partial charge on any atom is 0.239 e. The van der Waals surface area contributed by atoms with Crippen molar-refractivity contribution >= 4 is 11.9 Å². The number of aliphatic imine (C=N–C) groups is 1.